The summed E-state index contributed by atoms with van der Waals surface area (Å²) in [4.78, 5) is 16.8. The van der Waals surface area contributed by atoms with Gasteiger partial charge in [0.1, 0.15) is 0 Å². The molecule has 0 aliphatic carbocycles. The second kappa shape index (κ2) is 8.15. The van der Waals surface area contributed by atoms with Crippen LogP contribution in [-0.4, -0.2) is 48.2 Å². The lowest BCUT2D eigenvalue weighted by Gasteiger charge is -2.26. The predicted molar refractivity (Wildman–Crippen MR) is 85.4 cm³/mol. The zero-order chi connectivity index (χ0) is 15.1. The first kappa shape index (κ1) is 16.0. The van der Waals surface area contributed by atoms with Crippen LogP contribution in [0.25, 0.3) is 0 Å². The van der Waals surface area contributed by atoms with Gasteiger partial charge in [0.25, 0.3) is 0 Å². The molecule has 0 radical (unpaired) electrons. The van der Waals surface area contributed by atoms with Gasteiger partial charge in [-0.05, 0) is 50.9 Å². The molecule has 1 amide bonds. The lowest BCUT2D eigenvalue weighted by molar-refractivity contribution is -0.121. The average molecular weight is 290 g/mol. The van der Waals surface area contributed by atoms with Crippen LogP contribution < -0.4 is 4.90 Å². The van der Waals surface area contributed by atoms with Crippen molar-refractivity contribution in [1.29, 1.82) is 0 Å². The molecule has 1 unspecified atom stereocenters. The first-order valence-electron chi connectivity index (χ1n) is 7.99. The summed E-state index contributed by atoms with van der Waals surface area (Å²) in [5.74, 6) is 0.227. The molecule has 1 heterocycles. The lowest BCUT2D eigenvalue weighted by Crippen LogP contribution is -2.42. The highest BCUT2D eigenvalue weighted by Crippen LogP contribution is 2.24. The Hall–Kier alpha value is -1.39. The van der Waals surface area contributed by atoms with Gasteiger partial charge in [0.15, 0.2) is 0 Å². The number of anilines is 1. The number of hydrogen-bond donors (Lipinski definition) is 1. The number of benzene rings is 1. The monoisotopic (exact) mass is 290 g/mol. The van der Waals surface area contributed by atoms with Gasteiger partial charge >= 0.3 is 0 Å². The van der Waals surface area contributed by atoms with Crippen LogP contribution in [0.4, 0.5) is 5.69 Å². The van der Waals surface area contributed by atoms with Crippen molar-refractivity contribution in [3.8, 4) is 0 Å². The largest absolute Gasteiger partial charge is 0.396 e. The second-order valence-corrected chi connectivity index (χ2v) is 5.54. The van der Waals surface area contributed by atoms with Crippen molar-refractivity contribution in [1.82, 2.24) is 4.90 Å². The summed E-state index contributed by atoms with van der Waals surface area (Å²) in [6.07, 6.45) is 3.83. The highest BCUT2D eigenvalue weighted by molar-refractivity contribution is 5.99. The number of aliphatic hydroxyl groups is 1. The molecule has 1 saturated heterocycles. The molecule has 0 spiro atoms. The van der Waals surface area contributed by atoms with Gasteiger partial charge in [-0.2, -0.15) is 0 Å². The third kappa shape index (κ3) is 4.05. The van der Waals surface area contributed by atoms with E-state index in [2.05, 4.69) is 11.8 Å². The van der Waals surface area contributed by atoms with E-state index in [9.17, 15) is 4.79 Å². The van der Waals surface area contributed by atoms with Crippen molar-refractivity contribution in [3.63, 3.8) is 0 Å². The second-order valence-electron chi connectivity index (χ2n) is 5.54. The molecular formula is C17H26N2O2. The first-order chi connectivity index (χ1) is 10.3. The van der Waals surface area contributed by atoms with Crippen LogP contribution in [0.5, 0.6) is 0 Å². The Morgan fingerprint density at radius 2 is 2.00 bits per heavy atom. The number of rotatable bonds is 8. The third-order valence-corrected chi connectivity index (χ3v) is 4.20. The molecule has 1 aromatic carbocycles. The molecule has 1 aliphatic rings. The number of hydrogen-bond acceptors (Lipinski definition) is 3. The number of carbonyl (C=O) groups is 1. The number of likely N-dealkylation sites (N-methyl/N-ethyl adjacent to an activating group) is 1. The molecule has 4 heteroatoms. The molecule has 1 N–H and O–H groups in total. The summed E-state index contributed by atoms with van der Waals surface area (Å²) >= 11 is 0. The van der Waals surface area contributed by atoms with E-state index in [-0.39, 0.29) is 18.6 Å². The molecule has 1 atom stereocenters. The van der Waals surface area contributed by atoms with E-state index >= 15 is 0 Å². The van der Waals surface area contributed by atoms with E-state index in [4.69, 9.17) is 5.11 Å². The van der Waals surface area contributed by atoms with Gasteiger partial charge in [-0.15, -0.1) is 0 Å². The third-order valence-electron chi connectivity index (χ3n) is 4.20. The van der Waals surface area contributed by atoms with Crippen LogP contribution in [0.2, 0.25) is 0 Å². The summed E-state index contributed by atoms with van der Waals surface area (Å²) in [6, 6.07) is 9.94. The SMILES string of the molecule is CCN(CCCCCO)C1CCN(c2ccccc2)C1=O. The van der Waals surface area contributed by atoms with E-state index < -0.39 is 0 Å². The topological polar surface area (TPSA) is 43.8 Å². The van der Waals surface area contributed by atoms with Crippen molar-refractivity contribution in [2.24, 2.45) is 0 Å². The maximum Gasteiger partial charge on any atom is 0.244 e. The Kier molecular flexibility index (Phi) is 6.21. The first-order valence-corrected chi connectivity index (χ1v) is 7.99. The molecule has 2 rings (SSSR count). The predicted octanol–water partition coefficient (Wildman–Crippen LogP) is 2.28. The molecule has 1 aromatic rings. The molecule has 0 saturated carbocycles. The molecule has 1 fully saturated rings. The Labute approximate surface area is 127 Å². The fourth-order valence-corrected chi connectivity index (χ4v) is 3.01. The molecule has 21 heavy (non-hydrogen) atoms. The molecule has 116 valence electrons. The maximum atomic E-state index is 12.6. The van der Waals surface area contributed by atoms with Crippen LogP contribution in [0.3, 0.4) is 0 Å². The van der Waals surface area contributed by atoms with E-state index in [0.29, 0.717) is 0 Å². The van der Waals surface area contributed by atoms with Gasteiger partial charge in [-0.3, -0.25) is 9.69 Å². The summed E-state index contributed by atoms with van der Waals surface area (Å²) in [6.45, 7) is 5.02. The molecular weight excluding hydrogens is 264 g/mol. The number of carbonyl (C=O) groups excluding carboxylic acids is 1. The highest BCUT2D eigenvalue weighted by Gasteiger charge is 2.35. The Bertz CT molecular complexity index is 436. The summed E-state index contributed by atoms with van der Waals surface area (Å²) in [5, 5.41) is 8.83. The van der Waals surface area contributed by atoms with Gasteiger partial charge in [-0.25, -0.2) is 0 Å². The molecule has 0 aromatic heterocycles. The average Bonchev–Trinajstić information content (AvgIpc) is 2.90. The van der Waals surface area contributed by atoms with Crippen molar-refractivity contribution < 1.29 is 9.90 Å². The zero-order valence-corrected chi connectivity index (χ0v) is 12.9. The van der Waals surface area contributed by atoms with Crippen molar-refractivity contribution >= 4 is 11.6 Å². The van der Waals surface area contributed by atoms with Gasteiger partial charge in [0.2, 0.25) is 5.91 Å². The number of nitrogens with zero attached hydrogens (tertiary/aromatic N) is 2. The van der Waals surface area contributed by atoms with Gasteiger partial charge in [0.05, 0.1) is 6.04 Å². The molecule has 1 aliphatic heterocycles. The van der Waals surface area contributed by atoms with E-state index in [0.717, 1.165) is 51.0 Å². The van der Waals surface area contributed by atoms with Crippen LogP contribution >= 0.6 is 0 Å². The summed E-state index contributed by atoms with van der Waals surface area (Å²) in [7, 11) is 0. The summed E-state index contributed by atoms with van der Waals surface area (Å²) in [5.41, 5.74) is 1.00. The normalized spacial score (nSPS) is 18.7. The standard InChI is InChI=1S/C17H26N2O2/c1-2-18(12-7-4-8-14-20)16-11-13-19(17(16)21)15-9-5-3-6-10-15/h3,5-6,9-10,16,20H,2,4,7-8,11-14H2,1H3. The van der Waals surface area contributed by atoms with E-state index in [1.54, 1.807) is 0 Å². The van der Waals surface area contributed by atoms with Crippen molar-refractivity contribution in [2.75, 3.05) is 31.1 Å². The minimum Gasteiger partial charge on any atom is -0.396 e. The zero-order valence-electron chi connectivity index (χ0n) is 12.9. The number of amides is 1. The van der Waals surface area contributed by atoms with Gasteiger partial charge < -0.3 is 10.0 Å². The summed E-state index contributed by atoms with van der Waals surface area (Å²) < 4.78 is 0. The van der Waals surface area contributed by atoms with Gasteiger partial charge in [0, 0.05) is 18.8 Å². The van der Waals surface area contributed by atoms with Crippen molar-refractivity contribution in [3.05, 3.63) is 30.3 Å². The Balaban J connectivity index is 1.93. The highest BCUT2D eigenvalue weighted by atomic mass is 16.2. The number of aliphatic hydroxyl groups excluding tert-OH is 1. The van der Waals surface area contributed by atoms with Crippen molar-refractivity contribution in [2.45, 2.75) is 38.6 Å². The van der Waals surface area contributed by atoms with Crippen LogP contribution in [0, 0.1) is 0 Å². The lowest BCUT2D eigenvalue weighted by atomic mass is 10.1. The smallest absolute Gasteiger partial charge is 0.244 e. The minimum atomic E-state index is 0.0179. The van der Waals surface area contributed by atoms with Crippen LogP contribution in [0.15, 0.2) is 30.3 Å². The van der Waals surface area contributed by atoms with E-state index in [1.165, 1.54) is 0 Å². The Morgan fingerprint density at radius 3 is 2.67 bits per heavy atom. The minimum absolute atomic E-state index is 0.0179. The maximum absolute atomic E-state index is 12.6. The fraction of sp³-hybridized carbons (Fsp3) is 0.588. The quantitative estimate of drug-likeness (QED) is 0.747. The van der Waals surface area contributed by atoms with Crippen LogP contribution in [-0.2, 0) is 4.79 Å². The Morgan fingerprint density at radius 1 is 1.24 bits per heavy atom. The fourth-order valence-electron chi connectivity index (χ4n) is 3.01. The van der Waals surface area contributed by atoms with Gasteiger partial charge in [-0.1, -0.05) is 25.1 Å². The molecule has 0 bridgehead atoms. The van der Waals surface area contributed by atoms with Crippen LogP contribution in [0.1, 0.15) is 32.6 Å². The number of para-hydroxylation sites is 1. The van der Waals surface area contributed by atoms with E-state index in [1.807, 2.05) is 35.2 Å². The number of unbranched alkanes of at least 4 members (excludes halogenated alkanes) is 2. The molecule has 4 nitrogen and oxygen atoms in total.